The number of hydrogen-bond donors (Lipinski definition) is 0. The second-order valence-electron chi connectivity index (χ2n) is 5.37. The molecule has 0 aromatic heterocycles. The van der Waals surface area contributed by atoms with Crippen LogP contribution in [0.3, 0.4) is 0 Å². The molecule has 1 aromatic carbocycles. The van der Waals surface area contributed by atoms with Gasteiger partial charge >= 0.3 is 0 Å². The van der Waals surface area contributed by atoms with E-state index in [2.05, 4.69) is 35.7 Å². The van der Waals surface area contributed by atoms with E-state index in [4.69, 9.17) is 0 Å². The fourth-order valence-corrected chi connectivity index (χ4v) is 3.49. The lowest BCUT2D eigenvalue weighted by atomic mass is 9.74. The summed E-state index contributed by atoms with van der Waals surface area (Å²) in [5.74, 6) is 0.822. The van der Waals surface area contributed by atoms with E-state index in [1.54, 1.807) is 0 Å². The summed E-state index contributed by atoms with van der Waals surface area (Å²) < 4.78 is 0. The molecule has 1 fully saturated rings. The number of carbonyl (C=O) groups is 1. The van der Waals surface area contributed by atoms with Gasteiger partial charge in [-0.05, 0) is 17.5 Å². The van der Waals surface area contributed by atoms with Crippen LogP contribution in [-0.4, -0.2) is 23.3 Å². The zero-order chi connectivity index (χ0) is 12.5. The Hall–Kier alpha value is -1.41. The summed E-state index contributed by atoms with van der Waals surface area (Å²) in [5.41, 5.74) is 2.78. The Morgan fingerprint density at radius 3 is 3.06 bits per heavy atom. The molecule has 0 saturated heterocycles. The van der Waals surface area contributed by atoms with Gasteiger partial charge in [0.15, 0.2) is 0 Å². The van der Waals surface area contributed by atoms with Crippen LogP contribution in [0.15, 0.2) is 36.9 Å². The number of benzene rings is 1. The number of carbonyl (C=O) groups excluding carboxylic acids is 1. The van der Waals surface area contributed by atoms with Gasteiger partial charge in [0.2, 0.25) is 0 Å². The highest BCUT2D eigenvalue weighted by atomic mass is 16.1. The predicted molar refractivity (Wildman–Crippen MR) is 72.4 cm³/mol. The highest BCUT2D eigenvalue weighted by Crippen LogP contribution is 2.40. The van der Waals surface area contributed by atoms with E-state index in [9.17, 15) is 4.79 Å². The van der Waals surface area contributed by atoms with Crippen LogP contribution in [0.1, 0.15) is 36.3 Å². The van der Waals surface area contributed by atoms with Crippen molar-refractivity contribution in [3.8, 4) is 0 Å². The van der Waals surface area contributed by atoms with Crippen molar-refractivity contribution in [2.75, 3.05) is 6.54 Å². The summed E-state index contributed by atoms with van der Waals surface area (Å²) in [4.78, 5) is 14.2. The summed E-state index contributed by atoms with van der Waals surface area (Å²) in [6.45, 7) is 5.77. The molecular formula is C16H19NO. The van der Waals surface area contributed by atoms with Gasteiger partial charge in [-0.2, -0.15) is 0 Å². The molecule has 0 N–H and O–H groups in total. The minimum absolute atomic E-state index is 0.399. The van der Waals surface area contributed by atoms with Crippen molar-refractivity contribution < 1.29 is 4.79 Å². The summed E-state index contributed by atoms with van der Waals surface area (Å²) in [5, 5.41) is 0. The lowest BCUT2D eigenvalue weighted by molar-refractivity contribution is -0.122. The maximum Gasteiger partial charge on any atom is 0.133 e. The van der Waals surface area contributed by atoms with E-state index in [0.717, 1.165) is 32.4 Å². The monoisotopic (exact) mass is 241 g/mol. The maximum atomic E-state index is 11.8. The zero-order valence-electron chi connectivity index (χ0n) is 10.6. The highest BCUT2D eigenvalue weighted by Gasteiger charge is 2.38. The molecule has 0 radical (unpaired) electrons. The number of rotatable bonds is 2. The molecule has 2 aliphatic rings. The largest absolute Gasteiger partial charge is 0.300 e. The number of nitrogens with zero attached hydrogens (tertiary/aromatic N) is 1. The van der Waals surface area contributed by atoms with Gasteiger partial charge in [-0.15, -0.1) is 6.58 Å². The predicted octanol–water partition coefficient (Wildman–Crippen LogP) is 2.89. The Balaban J connectivity index is 1.99. The van der Waals surface area contributed by atoms with Crippen LogP contribution >= 0.6 is 0 Å². The van der Waals surface area contributed by atoms with Crippen LogP contribution < -0.4 is 0 Å². The lowest BCUT2D eigenvalue weighted by Gasteiger charge is -2.44. The van der Waals surface area contributed by atoms with Crippen molar-refractivity contribution in [3.05, 3.63) is 48.0 Å². The molecule has 2 atom stereocenters. The average Bonchev–Trinajstić information content (AvgIpc) is 2.39. The topological polar surface area (TPSA) is 20.3 Å². The molecule has 1 aliphatic heterocycles. The Morgan fingerprint density at radius 1 is 1.39 bits per heavy atom. The van der Waals surface area contributed by atoms with Crippen molar-refractivity contribution in [3.63, 3.8) is 0 Å². The first-order valence-corrected chi connectivity index (χ1v) is 6.74. The Morgan fingerprint density at radius 2 is 2.22 bits per heavy atom. The zero-order valence-corrected chi connectivity index (χ0v) is 10.6. The van der Waals surface area contributed by atoms with Crippen LogP contribution in [0.25, 0.3) is 0 Å². The first-order chi connectivity index (χ1) is 8.79. The SMILES string of the molecule is C=CCN1Cc2ccccc2[C@@H]2CC(=O)CC[C@H]21. The first-order valence-electron chi connectivity index (χ1n) is 6.74. The van der Waals surface area contributed by atoms with Gasteiger partial charge in [-0.25, -0.2) is 0 Å². The summed E-state index contributed by atoms with van der Waals surface area (Å²) in [6.07, 6.45) is 4.44. The molecule has 2 nitrogen and oxygen atoms in total. The van der Waals surface area contributed by atoms with Gasteiger partial charge in [-0.1, -0.05) is 30.3 Å². The van der Waals surface area contributed by atoms with Gasteiger partial charge in [0, 0.05) is 37.9 Å². The van der Waals surface area contributed by atoms with Crippen molar-refractivity contribution >= 4 is 5.78 Å². The molecule has 0 amide bonds. The van der Waals surface area contributed by atoms with Crippen LogP contribution in [0.4, 0.5) is 0 Å². The third-order valence-electron chi connectivity index (χ3n) is 4.29. The van der Waals surface area contributed by atoms with E-state index in [0.29, 0.717) is 17.7 Å². The molecule has 2 heteroatoms. The van der Waals surface area contributed by atoms with E-state index >= 15 is 0 Å². The number of ketones is 1. The molecule has 94 valence electrons. The van der Waals surface area contributed by atoms with E-state index < -0.39 is 0 Å². The third kappa shape index (κ3) is 1.91. The summed E-state index contributed by atoms with van der Waals surface area (Å²) in [7, 11) is 0. The van der Waals surface area contributed by atoms with Crippen LogP contribution in [0.2, 0.25) is 0 Å². The Kier molecular flexibility index (Phi) is 3.04. The second-order valence-corrected chi connectivity index (χ2v) is 5.37. The van der Waals surface area contributed by atoms with Gasteiger partial charge in [0.1, 0.15) is 5.78 Å². The van der Waals surface area contributed by atoms with Gasteiger partial charge in [0.05, 0.1) is 0 Å². The standard InChI is InChI=1S/C16H19NO/c1-2-9-17-11-12-5-3-4-6-14(12)15-10-13(18)7-8-16(15)17/h2-6,15-16H,1,7-11H2/t15-,16+/m0/s1. The molecule has 0 spiro atoms. The number of fused-ring (bicyclic) bond motifs is 3. The van der Waals surface area contributed by atoms with Crippen molar-refractivity contribution in [1.82, 2.24) is 4.90 Å². The molecule has 1 aromatic rings. The lowest BCUT2D eigenvalue weighted by Crippen LogP contribution is -2.46. The van der Waals surface area contributed by atoms with Crippen LogP contribution in [0, 0.1) is 0 Å². The molecule has 0 unspecified atom stereocenters. The molecule has 0 bridgehead atoms. The van der Waals surface area contributed by atoms with Crippen molar-refractivity contribution in [2.45, 2.75) is 37.8 Å². The van der Waals surface area contributed by atoms with Crippen molar-refractivity contribution in [2.24, 2.45) is 0 Å². The molecule has 1 aliphatic carbocycles. The van der Waals surface area contributed by atoms with Crippen molar-refractivity contribution in [1.29, 1.82) is 0 Å². The minimum Gasteiger partial charge on any atom is -0.300 e. The summed E-state index contributed by atoms with van der Waals surface area (Å²) in [6, 6.07) is 9.11. The Labute approximate surface area is 108 Å². The highest BCUT2D eigenvalue weighted by molar-refractivity contribution is 5.80. The molecule has 1 saturated carbocycles. The van der Waals surface area contributed by atoms with Gasteiger partial charge < -0.3 is 0 Å². The molecule has 1 heterocycles. The quantitative estimate of drug-likeness (QED) is 0.742. The third-order valence-corrected chi connectivity index (χ3v) is 4.29. The molecule has 18 heavy (non-hydrogen) atoms. The average molecular weight is 241 g/mol. The van der Waals surface area contributed by atoms with Crippen LogP contribution in [0.5, 0.6) is 0 Å². The van der Waals surface area contributed by atoms with Crippen LogP contribution in [-0.2, 0) is 11.3 Å². The van der Waals surface area contributed by atoms with E-state index in [-0.39, 0.29) is 0 Å². The normalized spacial score (nSPS) is 27.4. The molecule has 3 rings (SSSR count). The smallest absolute Gasteiger partial charge is 0.133 e. The minimum atomic E-state index is 0.399. The van der Waals surface area contributed by atoms with E-state index in [1.807, 2.05) is 6.08 Å². The summed E-state index contributed by atoms with van der Waals surface area (Å²) >= 11 is 0. The van der Waals surface area contributed by atoms with E-state index in [1.165, 1.54) is 11.1 Å². The maximum absolute atomic E-state index is 11.8. The second kappa shape index (κ2) is 4.69. The fraction of sp³-hybridized carbons (Fsp3) is 0.438. The number of Topliss-reactive ketones (excluding diaryl/α,β-unsaturated/α-hetero) is 1. The van der Waals surface area contributed by atoms with Gasteiger partial charge in [0.25, 0.3) is 0 Å². The van der Waals surface area contributed by atoms with Gasteiger partial charge in [-0.3, -0.25) is 9.69 Å². The first kappa shape index (κ1) is 11.7. The molecular weight excluding hydrogens is 222 g/mol. The fourth-order valence-electron chi connectivity index (χ4n) is 3.49. The number of hydrogen-bond acceptors (Lipinski definition) is 2. The Bertz CT molecular complexity index is 480.